The van der Waals surface area contributed by atoms with E-state index in [1.165, 1.54) is 0 Å². The predicted octanol–water partition coefficient (Wildman–Crippen LogP) is 5.95. The normalized spacial score (nSPS) is 11.4. The molecule has 0 bridgehead atoms. The highest BCUT2D eigenvalue weighted by Gasteiger charge is 2.22. The number of para-hydroxylation sites is 2. The molecule has 0 saturated heterocycles. The number of rotatable bonds is 9. The van der Waals surface area contributed by atoms with Gasteiger partial charge in [-0.1, -0.05) is 53.2 Å². The summed E-state index contributed by atoms with van der Waals surface area (Å²) in [5.41, 5.74) is 3.05. The molecule has 4 rings (SSSR count). The largest absolute Gasteiger partial charge is 0.487 e. The highest BCUT2D eigenvalue weighted by molar-refractivity contribution is 6.37. The van der Waals surface area contributed by atoms with Gasteiger partial charge in [0.2, 0.25) is 0 Å². The van der Waals surface area contributed by atoms with E-state index >= 15 is 0 Å². The topological polar surface area (TPSA) is 62.0 Å². The molecule has 1 heterocycles. The third-order valence-corrected chi connectivity index (χ3v) is 5.64. The molecule has 0 atom stereocenters. The van der Waals surface area contributed by atoms with E-state index in [1.54, 1.807) is 31.2 Å². The van der Waals surface area contributed by atoms with Crippen molar-refractivity contribution in [2.75, 3.05) is 6.61 Å². The molecule has 0 spiro atoms. The maximum atomic E-state index is 12.8. The van der Waals surface area contributed by atoms with Gasteiger partial charge in [-0.3, -0.25) is 0 Å². The van der Waals surface area contributed by atoms with Crippen LogP contribution in [0.4, 0.5) is 0 Å². The van der Waals surface area contributed by atoms with E-state index in [-0.39, 0.29) is 18.7 Å². The summed E-state index contributed by atoms with van der Waals surface area (Å²) in [5, 5.41) is 5.83. The number of aromatic nitrogens is 1. The average Bonchev–Trinajstić information content (AvgIpc) is 3.13. The van der Waals surface area contributed by atoms with Gasteiger partial charge in [-0.05, 0) is 55.0 Å². The van der Waals surface area contributed by atoms with Gasteiger partial charge in [0.15, 0.2) is 11.5 Å². The lowest BCUT2D eigenvalue weighted by Crippen LogP contribution is -2.22. The van der Waals surface area contributed by atoms with Crippen molar-refractivity contribution < 1.29 is 19.1 Å². The number of oxime groups is 1. The van der Waals surface area contributed by atoms with Crippen LogP contribution in [0.1, 0.15) is 18.2 Å². The van der Waals surface area contributed by atoms with E-state index in [1.807, 2.05) is 61.6 Å². The molecule has 0 unspecified atom stereocenters. The molecule has 0 aliphatic heterocycles. The number of carbonyl (C=O) groups excluding carboxylic acids is 1. The molecular weight excluding hydrogens is 452 g/mol. The molecule has 0 aliphatic carbocycles. The predicted molar refractivity (Wildman–Crippen MR) is 134 cm³/mol. The highest BCUT2D eigenvalue weighted by atomic mass is 35.5. The van der Waals surface area contributed by atoms with Crippen LogP contribution in [0.3, 0.4) is 0 Å². The lowest BCUT2D eigenvalue weighted by molar-refractivity contribution is -0.135. The Balaban J connectivity index is 1.69. The highest BCUT2D eigenvalue weighted by Crippen LogP contribution is 2.28. The van der Waals surface area contributed by atoms with Gasteiger partial charge < -0.3 is 18.9 Å². The molecule has 0 amide bonds. The summed E-state index contributed by atoms with van der Waals surface area (Å²) in [4.78, 5) is 18.3. The lowest BCUT2D eigenvalue weighted by atomic mass is 10.0. The SMILES string of the molecule is CCOC(=O)C(Cc1c(COc2ccc(Cl)cc2)n(C)c2ccccc12)=NOc1ccccc1. The van der Waals surface area contributed by atoms with E-state index in [0.29, 0.717) is 23.1 Å². The Morgan fingerprint density at radius 1 is 0.941 bits per heavy atom. The van der Waals surface area contributed by atoms with Crippen LogP contribution >= 0.6 is 11.6 Å². The average molecular weight is 477 g/mol. The Morgan fingerprint density at radius 2 is 1.65 bits per heavy atom. The van der Waals surface area contributed by atoms with Crippen molar-refractivity contribution >= 4 is 34.2 Å². The molecule has 0 fully saturated rings. The molecule has 7 heteroatoms. The van der Waals surface area contributed by atoms with Crippen LogP contribution in [0.2, 0.25) is 5.02 Å². The van der Waals surface area contributed by atoms with Crippen LogP contribution in [0.25, 0.3) is 10.9 Å². The van der Waals surface area contributed by atoms with E-state index in [0.717, 1.165) is 22.2 Å². The molecule has 6 nitrogen and oxygen atoms in total. The number of benzene rings is 3. The second kappa shape index (κ2) is 10.9. The number of fused-ring (bicyclic) bond motifs is 1. The molecule has 4 aromatic rings. The summed E-state index contributed by atoms with van der Waals surface area (Å²) < 4.78 is 13.4. The Morgan fingerprint density at radius 3 is 2.38 bits per heavy atom. The number of carbonyl (C=O) groups is 1. The Kier molecular flexibility index (Phi) is 7.50. The van der Waals surface area contributed by atoms with Crippen LogP contribution < -0.4 is 9.57 Å². The summed E-state index contributed by atoms with van der Waals surface area (Å²) in [7, 11) is 1.98. The maximum absolute atomic E-state index is 12.8. The molecule has 34 heavy (non-hydrogen) atoms. The van der Waals surface area contributed by atoms with Crippen molar-refractivity contribution in [3.63, 3.8) is 0 Å². The molecule has 3 aromatic carbocycles. The van der Waals surface area contributed by atoms with E-state index < -0.39 is 5.97 Å². The standard InChI is InChI=1S/C27H25ClN2O4/c1-3-32-27(31)24(29-34-21-9-5-4-6-10-21)17-23-22-11-7-8-12-25(22)30(2)26(23)18-33-20-15-13-19(28)14-16-20/h4-16H,3,17-18H2,1-2H3. The Labute approximate surface area is 203 Å². The first-order valence-electron chi connectivity index (χ1n) is 11.0. The van der Waals surface area contributed by atoms with Crippen molar-refractivity contribution in [2.24, 2.45) is 12.2 Å². The van der Waals surface area contributed by atoms with Crippen molar-refractivity contribution in [3.8, 4) is 11.5 Å². The molecular formula is C27H25ClN2O4. The second-order valence-electron chi connectivity index (χ2n) is 7.58. The van der Waals surface area contributed by atoms with Crippen LogP contribution in [0.5, 0.6) is 11.5 Å². The zero-order chi connectivity index (χ0) is 23.9. The number of halogens is 1. The second-order valence-corrected chi connectivity index (χ2v) is 8.02. The zero-order valence-electron chi connectivity index (χ0n) is 19.0. The van der Waals surface area contributed by atoms with Gasteiger partial charge in [0.25, 0.3) is 0 Å². The molecule has 0 aliphatic rings. The molecule has 174 valence electrons. The lowest BCUT2D eigenvalue weighted by Gasteiger charge is -2.11. The molecule has 1 aromatic heterocycles. The van der Waals surface area contributed by atoms with Gasteiger partial charge in [0.05, 0.1) is 12.3 Å². The molecule has 0 N–H and O–H groups in total. The summed E-state index contributed by atoms with van der Waals surface area (Å²) in [6.45, 7) is 2.31. The fourth-order valence-electron chi connectivity index (χ4n) is 3.70. The third-order valence-electron chi connectivity index (χ3n) is 5.39. The number of hydrogen-bond acceptors (Lipinski definition) is 5. The number of aryl methyl sites for hydroxylation is 1. The minimum Gasteiger partial charge on any atom is -0.487 e. The smallest absolute Gasteiger partial charge is 0.356 e. The van der Waals surface area contributed by atoms with Gasteiger partial charge in [-0.2, -0.15) is 0 Å². The first kappa shape index (κ1) is 23.4. The first-order valence-corrected chi connectivity index (χ1v) is 11.3. The molecule has 0 saturated carbocycles. The third kappa shape index (κ3) is 5.41. The fourth-order valence-corrected chi connectivity index (χ4v) is 3.83. The van der Waals surface area contributed by atoms with Gasteiger partial charge >= 0.3 is 5.97 Å². The van der Waals surface area contributed by atoms with Crippen LogP contribution in [0.15, 0.2) is 84.0 Å². The van der Waals surface area contributed by atoms with Crippen molar-refractivity contribution in [1.82, 2.24) is 4.57 Å². The van der Waals surface area contributed by atoms with Gasteiger partial charge in [0, 0.05) is 29.4 Å². The Bertz CT molecular complexity index is 1300. The van der Waals surface area contributed by atoms with Crippen LogP contribution in [0, 0.1) is 0 Å². The van der Waals surface area contributed by atoms with Crippen molar-refractivity contribution in [1.29, 1.82) is 0 Å². The summed E-state index contributed by atoms with van der Waals surface area (Å²) >= 11 is 5.99. The quantitative estimate of drug-likeness (QED) is 0.170. The monoisotopic (exact) mass is 476 g/mol. The number of esters is 1. The minimum absolute atomic E-state index is 0.176. The van der Waals surface area contributed by atoms with Crippen LogP contribution in [-0.4, -0.2) is 22.9 Å². The van der Waals surface area contributed by atoms with Gasteiger partial charge in [0.1, 0.15) is 12.4 Å². The summed E-state index contributed by atoms with van der Waals surface area (Å²) in [5.74, 6) is 0.719. The fraction of sp³-hybridized carbons (Fsp3) is 0.185. The van der Waals surface area contributed by atoms with E-state index in [4.69, 9.17) is 25.9 Å². The first-order chi connectivity index (χ1) is 16.6. The number of nitrogens with zero attached hydrogens (tertiary/aromatic N) is 2. The van der Waals surface area contributed by atoms with Crippen LogP contribution in [-0.2, 0) is 29.6 Å². The zero-order valence-corrected chi connectivity index (χ0v) is 19.8. The molecule has 0 radical (unpaired) electrons. The van der Waals surface area contributed by atoms with Crippen molar-refractivity contribution in [3.05, 3.63) is 95.1 Å². The van der Waals surface area contributed by atoms with Gasteiger partial charge in [-0.15, -0.1) is 0 Å². The van der Waals surface area contributed by atoms with E-state index in [2.05, 4.69) is 9.72 Å². The Hall–Kier alpha value is -3.77. The maximum Gasteiger partial charge on any atom is 0.356 e. The van der Waals surface area contributed by atoms with Gasteiger partial charge in [-0.25, -0.2) is 4.79 Å². The summed E-state index contributed by atoms with van der Waals surface area (Å²) in [6.07, 6.45) is 0.229. The minimum atomic E-state index is -0.518. The number of ether oxygens (including phenoxy) is 2. The number of hydrogen-bond donors (Lipinski definition) is 0. The van der Waals surface area contributed by atoms with Crippen molar-refractivity contribution in [2.45, 2.75) is 20.0 Å². The van der Waals surface area contributed by atoms with E-state index in [9.17, 15) is 4.79 Å². The summed E-state index contributed by atoms with van der Waals surface area (Å²) in [6, 6.07) is 24.3.